The van der Waals surface area contributed by atoms with Crippen LogP contribution in [-0.4, -0.2) is 48.0 Å². The minimum absolute atomic E-state index is 0.0357. The summed E-state index contributed by atoms with van der Waals surface area (Å²) in [5.41, 5.74) is 5.46. The summed E-state index contributed by atoms with van der Waals surface area (Å²) in [6.45, 7) is 6.98. The van der Waals surface area contributed by atoms with Gasteiger partial charge in [0.25, 0.3) is 0 Å². The number of carbonyl (C=O) groups excluding carboxylic acids is 1. The van der Waals surface area contributed by atoms with E-state index < -0.39 is 15.3 Å². The van der Waals surface area contributed by atoms with Crippen LogP contribution < -0.4 is 11.1 Å². The van der Waals surface area contributed by atoms with Gasteiger partial charge in [-0.3, -0.25) is 4.79 Å². The van der Waals surface area contributed by atoms with E-state index in [1.807, 2.05) is 13.8 Å². The fourth-order valence-corrected chi connectivity index (χ4v) is 3.91. The van der Waals surface area contributed by atoms with Crippen LogP contribution in [0.3, 0.4) is 0 Å². The molecule has 1 unspecified atom stereocenters. The Balaban J connectivity index is 5.03. The van der Waals surface area contributed by atoms with Gasteiger partial charge in [-0.15, -0.1) is 0 Å². The largest absolute Gasteiger partial charge is 0.392 e. The van der Waals surface area contributed by atoms with Crippen LogP contribution in [0.25, 0.3) is 0 Å². The van der Waals surface area contributed by atoms with E-state index in [1.165, 1.54) is 0 Å². The fourth-order valence-electron chi connectivity index (χ4n) is 1.65. The van der Waals surface area contributed by atoms with E-state index in [2.05, 4.69) is 5.32 Å². The van der Waals surface area contributed by atoms with Crippen LogP contribution in [0, 0.1) is 0 Å². The Hall–Kier alpha value is -0.730. The van der Waals surface area contributed by atoms with E-state index in [0.29, 0.717) is 6.42 Å². The first-order valence-corrected chi connectivity index (χ1v) is 8.15. The molecule has 0 aromatic rings. The second-order valence-corrected chi connectivity index (χ2v) is 7.08. The van der Waals surface area contributed by atoms with Crippen molar-refractivity contribution >= 4 is 33.1 Å². The summed E-state index contributed by atoms with van der Waals surface area (Å²) >= 11 is 4.79. The molecule has 3 N–H and O–H groups in total. The zero-order valence-corrected chi connectivity index (χ0v) is 13.5. The number of carbonyl (C=O) groups is 1. The summed E-state index contributed by atoms with van der Waals surface area (Å²) < 4.78 is 25.8. The highest BCUT2D eigenvalue weighted by Gasteiger charge is 2.33. The summed E-state index contributed by atoms with van der Waals surface area (Å²) in [6.07, 6.45) is 0.292. The van der Waals surface area contributed by atoms with Gasteiger partial charge in [-0.25, -0.2) is 8.42 Å². The molecule has 1 amide bonds. The standard InChI is InChI=1S/C11H23N3O3S2/c1-5-9(11(12)18)19(16,17)14(6-2)7-10(15)13-8(3)4/h8-9H,5-7H2,1-4H3,(H2,12,18)(H,13,15). The Kier molecular flexibility index (Phi) is 7.46. The van der Waals surface area contributed by atoms with E-state index in [0.717, 1.165) is 4.31 Å². The Morgan fingerprint density at radius 2 is 1.89 bits per heavy atom. The third kappa shape index (κ3) is 5.42. The van der Waals surface area contributed by atoms with Crippen molar-refractivity contribution in [1.82, 2.24) is 9.62 Å². The molecule has 0 fully saturated rings. The molecule has 0 aliphatic heterocycles. The molecule has 0 aliphatic carbocycles. The molecule has 0 aromatic carbocycles. The molecule has 0 aromatic heterocycles. The Morgan fingerprint density at radius 3 is 2.21 bits per heavy atom. The lowest BCUT2D eigenvalue weighted by atomic mass is 10.3. The fraction of sp³-hybridized carbons (Fsp3) is 0.818. The third-order valence-corrected chi connectivity index (χ3v) is 5.38. The SMILES string of the molecule is CCC(C(N)=S)S(=O)(=O)N(CC)CC(=O)NC(C)C. The quantitative estimate of drug-likeness (QED) is 0.626. The van der Waals surface area contributed by atoms with Crippen LogP contribution in [0.1, 0.15) is 34.1 Å². The predicted molar refractivity (Wildman–Crippen MR) is 80.3 cm³/mol. The number of amides is 1. The number of hydrogen-bond donors (Lipinski definition) is 2. The molecule has 0 aliphatic rings. The van der Waals surface area contributed by atoms with Gasteiger partial charge < -0.3 is 11.1 Å². The number of hydrogen-bond acceptors (Lipinski definition) is 4. The van der Waals surface area contributed by atoms with Crippen LogP contribution in [-0.2, 0) is 14.8 Å². The Labute approximate surface area is 120 Å². The predicted octanol–water partition coefficient (Wildman–Crippen LogP) is 0.227. The smallest absolute Gasteiger partial charge is 0.235 e. The lowest BCUT2D eigenvalue weighted by Gasteiger charge is -2.25. The number of nitrogens with one attached hydrogen (secondary N) is 1. The van der Waals surface area contributed by atoms with Gasteiger partial charge in [0.2, 0.25) is 15.9 Å². The van der Waals surface area contributed by atoms with E-state index in [1.54, 1.807) is 13.8 Å². The molecule has 0 spiro atoms. The average molecular weight is 309 g/mol. The van der Waals surface area contributed by atoms with Gasteiger partial charge in [0.1, 0.15) is 5.25 Å². The van der Waals surface area contributed by atoms with Gasteiger partial charge >= 0.3 is 0 Å². The minimum atomic E-state index is -3.69. The zero-order valence-electron chi connectivity index (χ0n) is 11.8. The van der Waals surface area contributed by atoms with Crippen LogP contribution in [0.2, 0.25) is 0 Å². The van der Waals surface area contributed by atoms with Gasteiger partial charge in [-0.05, 0) is 20.3 Å². The van der Waals surface area contributed by atoms with Gasteiger partial charge in [-0.1, -0.05) is 26.1 Å². The molecule has 8 heteroatoms. The average Bonchev–Trinajstić information content (AvgIpc) is 2.24. The molecular weight excluding hydrogens is 286 g/mol. The van der Waals surface area contributed by atoms with Crippen LogP contribution >= 0.6 is 12.2 Å². The highest BCUT2D eigenvalue weighted by atomic mass is 32.2. The Morgan fingerprint density at radius 1 is 1.37 bits per heavy atom. The first-order chi connectivity index (χ1) is 8.66. The maximum atomic E-state index is 12.3. The molecule has 0 bridgehead atoms. The lowest BCUT2D eigenvalue weighted by Crippen LogP contribution is -2.48. The summed E-state index contributed by atoms with van der Waals surface area (Å²) in [6, 6.07) is -0.0357. The molecule has 0 rings (SSSR count). The monoisotopic (exact) mass is 309 g/mol. The van der Waals surface area contributed by atoms with E-state index in [9.17, 15) is 13.2 Å². The van der Waals surface area contributed by atoms with Gasteiger partial charge in [0.05, 0.1) is 11.5 Å². The van der Waals surface area contributed by atoms with E-state index in [4.69, 9.17) is 18.0 Å². The summed E-state index contributed by atoms with van der Waals surface area (Å²) in [5, 5.41) is 1.73. The molecule has 112 valence electrons. The van der Waals surface area contributed by atoms with Crippen molar-refractivity contribution in [3.8, 4) is 0 Å². The first-order valence-electron chi connectivity index (χ1n) is 6.24. The van der Waals surface area contributed by atoms with Gasteiger partial charge in [0, 0.05) is 12.6 Å². The number of thiocarbonyl (C=S) groups is 1. The van der Waals surface area contributed by atoms with Crippen molar-refractivity contribution < 1.29 is 13.2 Å². The minimum Gasteiger partial charge on any atom is -0.392 e. The van der Waals surface area contributed by atoms with Crippen molar-refractivity contribution in [3.63, 3.8) is 0 Å². The molecular formula is C11H23N3O3S2. The summed E-state index contributed by atoms with van der Waals surface area (Å²) in [7, 11) is -3.69. The lowest BCUT2D eigenvalue weighted by molar-refractivity contribution is -0.121. The maximum Gasteiger partial charge on any atom is 0.235 e. The third-order valence-electron chi connectivity index (χ3n) is 2.53. The highest BCUT2D eigenvalue weighted by molar-refractivity contribution is 7.92. The van der Waals surface area contributed by atoms with Crippen molar-refractivity contribution in [2.45, 2.75) is 45.4 Å². The Bertz CT molecular complexity index is 421. The van der Waals surface area contributed by atoms with Crippen LogP contribution in [0.5, 0.6) is 0 Å². The number of rotatable bonds is 8. The molecule has 19 heavy (non-hydrogen) atoms. The van der Waals surface area contributed by atoms with Crippen LogP contribution in [0.4, 0.5) is 0 Å². The highest BCUT2D eigenvalue weighted by Crippen LogP contribution is 2.12. The number of nitrogens with zero attached hydrogens (tertiary/aromatic N) is 1. The molecule has 6 nitrogen and oxygen atoms in total. The second kappa shape index (κ2) is 7.76. The molecule has 0 heterocycles. The van der Waals surface area contributed by atoms with Crippen molar-refractivity contribution in [2.24, 2.45) is 5.73 Å². The topological polar surface area (TPSA) is 92.5 Å². The summed E-state index contributed by atoms with van der Waals surface area (Å²) in [4.78, 5) is 11.6. The number of nitrogens with two attached hydrogens (primary N) is 1. The van der Waals surface area contributed by atoms with Crippen molar-refractivity contribution in [1.29, 1.82) is 0 Å². The first kappa shape index (κ1) is 18.3. The van der Waals surface area contributed by atoms with Gasteiger partial charge in [0.15, 0.2) is 0 Å². The molecule has 0 saturated heterocycles. The molecule has 0 radical (unpaired) electrons. The normalized spacial score (nSPS) is 13.6. The van der Waals surface area contributed by atoms with Crippen LogP contribution in [0.15, 0.2) is 0 Å². The van der Waals surface area contributed by atoms with E-state index in [-0.39, 0.29) is 30.0 Å². The second-order valence-electron chi connectivity index (χ2n) is 4.49. The zero-order chi connectivity index (χ0) is 15.2. The van der Waals surface area contributed by atoms with E-state index >= 15 is 0 Å². The maximum absolute atomic E-state index is 12.3. The van der Waals surface area contributed by atoms with Gasteiger partial charge in [-0.2, -0.15) is 4.31 Å². The number of likely N-dealkylation sites (N-methyl/N-ethyl adjacent to an activating group) is 1. The van der Waals surface area contributed by atoms with Crippen molar-refractivity contribution in [2.75, 3.05) is 13.1 Å². The molecule has 0 saturated carbocycles. The molecule has 1 atom stereocenters. The van der Waals surface area contributed by atoms with Crippen molar-refractivity contribution in [3.05, 3.63) is 0 Å². The summed E-state index contributed by atoms with van der Waals surface area (Å²) in [5.74, 6) is -0.335. The number of sulfonamides is 1.